The smallest absolute Gasteiger partial charge is 0.220 e. The Kier molecular flexibility index (Phi) is 35.9. The van der Waals surface area contributed by atoms with Gasteiger partial charge in [0.05, 0.1) is 18.8 Å². The summed E-state index contributed by atoms with van der Waals surface area (Å²) in [5, 5.41) is 22.8. The van der Waals surface area contributed by atoms with Gasteiger partial charge < -0.3 is 15.5 Å². The Morgan fingerprint density at radius 1 is 0.523 bits per heavy atom. The molecule has 0 rings (SSSR count). The molecule has 0 fully saturated rings. The molecule has 0 aliphatic heterocycles. The number of carbonyl (C=O) groups is 1. The second-order valence-corrected chi connectivity index (χ2v) is 13.7. The Bertz CT molecular complexity index is 593. The molecule has 0 saturated heterocycles. The minimum atomic E-state index is -0.831. The summed E-state index contributed by atoms with van der Waals surface area (Å²) in [6.07, 6.45) is 44.6. The molecule has 0 bridgehead atoms. The van der Waals surface area contributed by atoms with Crippen LogP contribution in [0.15, 0.2) is 12.2 Å². The lowest BCUT2D eigenvalue weighted by Crippen LogP contribution is -2.45. The van der Waals surface area contributed by atoms with Gasteiger partial charge in [0.25, 0.3) is 0 Å². The maximum Gasteiger partial charge on any atom is 0.220 e. The van der Waals surface area contributed by atoms with Gasteiger partial charge in [0.1, 0.15) is 0 Å². The zero-order valence-corrected chi connectivity index (χ0v) is 29.9. The Hall–Kier alpha value is -0.870. The van der Waals surface area contributed by atoms with Crippen molar-refractivity contribution >= 4 is 5.91 Å². The highest BCUT2D eigenvalue weighted by molar-refractivity contribution is 5.76. The molecular weight excluding hydrogens is 542 g/mol. The average Bonchev–Trinajstić information content (AvgIpc) is 3.03. The van der Waals surface area contributed by atoms with Crippen LogP contribution < -0.4 is 5.32 Å². The predicted octanol–water partition coefficient (Wildman–Crippen LogP) is 11.9. The van der Waals surface area contributed by atoms with E-state index in [2.05, 4.69) is 19.2 Å². The van der Waals surface area contributed by atoms with Gasteiger partial charge in [-0.3, -0.25) is 4.79 Å². The number of aliphatic hydroxyl groups is 2. The van der Waals surface area contributed by atoms with Crippen molar-refractivity contribution in [2.75, 3.05) is 6.61 Å². The number of carbonyl (C=O) groups excluding carboxylic acids is 1. The maximum absolute atomic E-state index is 12.3. The average molecular weight is 622 g/mol. The fourth-order valence-electron chi connectivity index (χ4n) is 6.18. The maximum atomic E-state index is 12.3. The van der Waals surface area contributed by atoms with Gasteiger partial charge in [0, 0.05) is 6.42 Å². The fourth-order valence-corrected chi connectivity index (χ4v) is 6.18. The molecule has 0 aromatic carbocycles. The number of amides is 1. The molecule has 0 radical (unpaired) electrons. The fraction of sp³-hybridized carbons (Fsp3) is 0.925. The van der Waals surface area contributed by atoms with Crippen molar-refractivity contribution in [3.8, 4) is 0 Å². The molecular formula is C40H79NO3. The van der Waals surface area contributed by atoms with Crippen molar-refractivity contribution in [1.82, 2.24) is 5.32 Å². The van der Waals surface area contributed by atoms with Crippen LogP contribution in [0.1, 0.15) is 219 Å². The SMILES string of the molecule is CCCCCCCCCC/C=C/C(O)C(CO)NC(=O)CCCCCCCCCCCCCCCCCCCCCCCC. The molecule has 0 saturated carbocycles. The van der Waals surface area contributed by atoms with Crippen molar-refractivity contribution < 1.29 is 15.0 Å². The van der Waals surface area contributed by atoms with E-state index in [4.69, 9.17) is 0 Å². The van der Waals surface area contributed by atoms with Gasteiger partial charge in [-0.15, -0.1) is 0 Å². The van der Waals surface area contributed by atoms with E-state index in [-0.39, 0.29) is 12.5 Å². The van der Waals surface area contributed by atoms with Gasteiger partial charge in [-0.2, -0.15) is 0 Å². The molecule has 3 N–H and O–H groups in total. The third-order valence-electron chi connectivity index (χ3n) is 9.27. The van der Waals surface area contributed by atoms with E-state index in [1.807, 2.05) is 6.08 Å². The molecule has 0 aromatic rings. The van der Waals surface area contributed by atoms with Gasteiger partial charge in [0.2, 0.25) is 5.91 Å². The molecule has 44 heavy (non-hydrogen) atoms. The van der Waals surface area contributed by atoms with Gasteiger partial charge in [-0.05, 0) is 19.3 Å². The van der Waals surface area contributed by atoms with Crippen molar-refractivity contribution in [1.29, 1.82) is 0 Å². The van der Waals surface area contributed by atoms with Crippen LogP contribution in [0, 0.1) is 0 Å². The van der Waals surface area contributed by atoms with E-state index >= 15 is 0 Å². The van der Waals surface area contributed by atoms with E-state index < -0.39 is 12.1 Å². The summed E-state index contributed by atoms with van der Waals surface area (Å²) in [4.78, 5) is 12.3. The van der Waals surface area contributed by atoms with Gasteiger partial charge >= 0.3 is 0 Å². The van der Waals surface area contributed by atoms with Gasteiger partial charge in [-0.1, -0.05) is 206 Å². The number of nitrogens with one attached hydrogen (secondary N) is 1. The Morgan fingerprint density at radius 2 is 0.841 bits per heavy atom. The van der Waals surface area contributed by atoms with E-state index in [1.54, 1.807) is 6.08 Å². The minimum absolute atomic E-state index is 0.0623. The number of aliphatic hydroxyl groups excluding tert-OH is 2. The highest BCUT2D eigenvalue weighted by atomic mass is 16.3. The zero-order chi connectivity index (χ0) is 32.2. The summed E-state index contributed by atoms with van der Waals surface area (Å²) in [5.74, 6) is -0.0623. The highest BCUT2D eigenvalue weighted by Crippen LogP contribution is 2.16. The lowest BCUT2D eigenvalue weighted by atomic mass is 10.0. The first-order valence-corrected chi connectivity index (χ1v) is 19.9. The van der Waals surface area contributed by atoms with Crippen LogP contribution in [-0.4, -0.2) is 34.9 Å². The summed E-state index contributed by atoms with van der Waals surface area (Å²) in [5.41, 5.74) is 0. The predicted molar refractivity (Wildman–Crippen MR) is 193 cm³/mol. The van der Waals surface area contributed by atoms with Crippen LogP contribution >= 0.6 is 0 Å². The third kappa shape index (κ3) is 32.5. The van der Waals surface area contributed by atoms with E-state index in [1.165, 1.54) is 173 Å². The van der Waals surface area contributed by atoms with Crippen molar-refractivity contribution in [2.45, 2.75) is 231 Å². The summed E-state index contributed by atoms with van der Waals surface area (Å²) in [6.45, 7) is 4.30. The molecule has 2 atom stereocenters. The van der Waals surface area contributed by atoms with Crippen LogP contribution in [0.4, 0.5) is 0 Å². The lowest BCUT2D eigenvalue weighted by Gasteiger charge is -2.20. The zero-order valence-electron chi connectivity index (χ0n) is 29.9. The molecule has 0 aromatic heterocycles. The molecule has 2 unspecified atom stereocenters. The minimum Gasteiger partial charge on any atom is -0.394 e. The Labute approximate surface area is 276 Å². The molecule has 0 aliphatic carbocycles. The Morgan fingerprint density at radius 3 is 1.18 bits per heavy atom. The molecule has 4 heteroatoms. The first-order valence-electron chi connectivity index (χ1n) is 19.9. The second kappa shape index (κ2) is 36.6. The first kappa shape index (κ1) is 43.1. The Balaban J connectivity index is 3.48. The van der Waals surface area contributed by atoms with Crippen molar-refractivity contribution in [3.63, 3.8) is 0 Å². The quantitative estimate of drug-likeness (QED) is 0.0481. The molecule has 0 heterocycles. The summed E-state index contributed by atoms with van der Waals surface area (Å²) in [7, 11) is 0. The first-order chi connectivity index (χ1) is 21.7. The van der Waals surface area contributed by atoms with Crippen molar-refractivity contribution in [2.24, 2.45) is 0 Å². The second-order valence-electron chi connectivity index (χ2n) is 13.7. The van der Waals surface area contributed by atoms with Crippen LogP contribution in [0.25, 0.3) is 0 Å². The molecule has 0 spiro atoms. The summed E-state index contributed by atoms with van der Waals surface area (Å²) in [6, 6.07) is -0.614. The van der Waals surface area contributed by atoms with Crippen LogP contribution in [-0.2, 0) is 4.79 Å². The third-order valence-corrected chi connectivity index (χ3v) is 9.27. The van der Waals surface area contributed by atoms with Crippen LogP contribution in [0.3, 0.4) is 0 Å². The highest BCUT2D eigenvalue weighted by Gasteiger charge is 2.17. The number of rotatable bonds is 36. The molecule has 4 nitrogen and oxygen atoms in total. The number of hydrogen-bond acceptors (Lipinski definition) is 3. The topological polar surface area (TPSA) is 69.6 Å². The molecule has 1 amide bonds. The molecule has 0 aliphatic rings. The summed E-state index contributed by atoms with van der Waals surface area (Å²) >= 11 is 0. The largest absolute Gasteiger partial charge is 0.394 e. The number of unbranched alkanes of at least 4 members (excludes halogenated alkanes) is 29. The lowest BCUT2D eigenvalue weighted by molar-refractivity contribution is -0.123. The van der Waals surface area contributed by atoms with Gasteiger partial charge in [-0.25, -0.2) is 0 Å². The monoisotopic (exact) mass is 622 g/mol. The van der Waals surface area contributed by atoms with E-state index in [0.717, 1.165) is 25.7 Å². The van der Waals surface area contributed by atoms with E-state index in [0.29, 0.717) is 6.42 Å². The normalized spacial score (nSPS) is 13.1. The molecule has 262 valence electrons. The number of allylic oxidation sites excluding steroid dienone is 1. The van der Waals surface area contributed by atoms with E-state index in [9.17, 15) is 15.0 Å². The number of hydrogen-bond donors (Lipinski definition) is 3. The standard InChI is InChI=1S/C40H79NO3/c1-3-5-7-9-11-13-15-16-17-18-19-20-21-22-23-24-25-26-28-30-32-34-36-40(44)41-38(37-42)39(43)35-33-31-29-27-14-12-10-8-6-4-2/h33,35,38-39,42-43H,3-32,34,36-37H2,1-2H3,(H,41,44)/b35-33+. The van der Waals surface area contributed by atoms with Crippen LogP contribution in [0.5, 0.6) is 0 Å². The van der Waals surface area contributed by atoms with Crippen molar-refractivity contribution in [3.05, 3.63) is 12.2 Å². The van der Waals surface area contributed by atoms with Crippen LogP contribution in [0.2, 0.25) is 0 Å². The summed E-state index contributed by atoms with van der Waals surface area (Å²) < 4.78 is 0. The van der Waals surface area contributed by atoms with Gasteiger partial charge in [0.15, 0.2) is 0 Å².